The summed E-state index contributed by atoms with van der Waals surface area (Å²) in [5.41, 5.74) is -7.32. The summed E-state index contributed by atoms with van der Waals surface area (Å²) in [6.45, 7) is 0. The van der Waals surface area contributed by atoms with Crippen LogP contribution in [0.4, 0.5) is 74.6 Å². The summed E-state index contributed by atoms with van der Waals surface area (Å²) in [6, 6.07) is 0. The minimum Gasteiger partial charge on any atom is -0.226 e. The van der Waals surface area contributed by atoms with E-state index in [2.05, 4.69) is 0 Å². The normalized spacial score (nSPS) is 18.4. The smallest absolute Gasteiger partial charge is 0.226 e. The van der Waals surface area contributed by atoms with E-state index in [-0.39, 0.29) is 0 Å². The fraction of sp³-hybridized carbons (Fsp3) is 1.00. The minimum atomic E-state index is -8.43. The summed E-state index contributed by atoms with van der Waals surface area (Å²) < 4.78 is 210. The molecule has 0 radical (unpaired) electrons. The molecule has 0 N–H and O–H groups in total. The largest absolute Gasteiger partial charge is 0.460 e. The summed E-state index contributed by atoms with van der Waals surface area (Å²) in [6.07, 6.45) is -19.2. The van der Waals surface area contributed by atoms with Gasteiger partial charge in [0.25, 0.3) is 9.60 Å². The third-order valence-electron chi connectivity index (χ3n) is 2.93. The van der Waals surface area contributed by atoms with Crippen LogP contribution >= 0.6 is 22.6 Å². The SMILES string of the molecule is FC(F)(I)CC(F)(C(F)(F)F)C(F)(F)C(F)(F)C(F)(F)C(F)(F)C(F)(F)F. The Kier molecular flexibility index (Phi) is 6.42. The molecule has 0 aromatic rings. The van der Waals surface area contributed by atoms with Crippen molar-refractivity contribution in [1.82, 2.24) is 0 Å². The van der Waals surface area contributed by atoms with Crippen molar-refractivity contribution in [3.63, 3.8) is 0 Å². The molecule has 0 bridgehead atoms. The van der Waals surface area contributed by atoms with Crippen molar-refractivity contribution in [2.45, 2.75) is 52.1 Å². The number of rotatable bonds is 6. The number of hydrogen-bond acceptors (Lipinski definition) is 0. The second-order valence-electron chi connectivity index (χ2n) is 4.89. The van der Waals surface area contributed by atoms with E-state index in [1.807, 2.05) is 0 Å². The second-order valence-corrected chi connectivity index (χ2v) is 6.46. The van der Waals surface area contributed by atoms with Crippen molar-refractivity contribution in [1.29, 1.82) is 0 Å². The van der Waals surface area contributed by atoms with Gasteiger partial charge in [-0.2, -0.15) is 70.2 Å². The molecule has 18 heteroatoms. The van der Waals surface area contributed by atoms with Crippen LogP contribution in [0.2, 0.25) is 0 Å². The van der Waals surface area contributed by atoms with Gasteiger partial charge in [0.2, 0.25) is 0 Å². The van der Waals surface area contributed by atoms with Crippen LogP contribution in [-0.4, -0.2) is 45.6 Å². The van der Waals surface area contributed by atoms with Crippen molar-refractivity contribution in [3.05, 3.63) is 0 Å². The first-order chi connectivity index (χ1) is 11.2. The lowest BCUT2D eigenvalue weighted by molar-refractivity contribution is -0.447. The Bertz CT molecular complexity index is 536. The lowest BCUT2D eigenvalue weighted by Gasteiger charge is -2.43. The molecule has 1 atom stereocenters. The molecular formula is C9H2F17I. The van der Waals surface area contributed by atoms with E-state index in [1.54, 1.807) is 0 Å². The lowest BCUT2D eigenvalue weighted by Crippen LogP contribution is -2.73. The maximum Gasteiger partial charge on any atom is 0.460 e. The fourth-order valence-electron chi connectivity index (χ4n) is 1.49. The molecule has 0 heterocycles. The fourth-order valence-corrected chi connectivity index (χ4v) is 2.01. The first-order valence-electron chi connectivity index (χ1n) is 5.61. The predicted molar refractivity (Wildman–Crippen MR) is 59.3 cm³/mol. The van der Waals surface area contributed by atoms with Crippen LogP contribution in [-0.2, 0) is 0 Å². The standard InChI is InChI=1S/C9H2F17I/c10-2(8(21,22)23,1-3(11,12)27)4(13,14)5(15,16)6(17,18)7(19,20)9(24,25)26/h1H2. The molecule has 0 fully saturated rings. The number of hydrogen-bond donors (Lipinski definition) is 0. The molecule has 0 aliphatic carbocycles. The minimum absolute atomic E-state index is 0.507. The molecule has 0 aromatic carbocycles. The molecule has 164 valence electrons. The second kappa shape index (κ2) is 6.53. The third-order valence-corrected chi connectivity index (χ3v) is 3.31. The Morgan fingerprint density at radius 2 is 0.704 bits per heavy atom. The van der Waals surface area contributed by atoms with Crippen LogP contribution in [0, 0.1) is 0 Å². The zero-order valence-corrected chi connectivity index (χ0v) is 13.7. The van der Waals surface area contributed by atoms with E-state index < -0.39 is 74.7 Å². The molecule has 0 saturated carbocycles. The Morgan fingerprint density at radius 1 is 0.407 bits per heavy atom. The zero-order valence-electron chi connectivity index (χ0n) is 11.5. The van der Waals surface area contributed by atoms with Gasteiger partial charge in [-0.3, -0.25) is 0 Å². The summed E-state index contributed by atoms with van der Waals surface area (Å²) in [5.74, 6) is -33.1. The van der Waals surface area contributed by atoms with Gasteiger partial charge < -0.3 is 0 Å². The van der Waals surface area contributed by atoms with Gasteiger partial charge in [0.1, 0.15) is 0 Å². The molecule has 1 unspecified atom stereocenters. The van der Waals surface area contributed by atoms with Crippen LogP contribution in [0.1, 0.15) is 6.42 Å². The predicted octanol–water partition coefficient (Wildman–Crippen LogP) is 6.78. The van der Waals surface area contributed by atoms with Crippen molar-refractivity contribution in [2.24, 2.45) is 0 Å². The van der Waals surface area contributed by atoms with Crippen molar-refractivity contribution in [3.8, 4) is 0 Å². The van der Waals surface area contributed by atoms with Crippen LogP contribution < -0.4 is 0 Å². The van der Waals surface area contributed by atoms with E-state index in [9.17, 15) is 74.6 Å². The highest BCUT2D eigenvalue weighted by Gasteiger charge is 2.93. The number of alkyl halides is 18. The summed E-state index contributed by atoms with van der Waals surface area (Å²) in [4.78, 5) is 0. The van der Waals surface area contributed by atoms with E-state index >= 15 is 0 Å². The molecule has 0 aromatic heterocycles. The number of halogens is 18. The van der Waals surface area contributed by atoms with Gasteiger partial charge in [-0.1, -0.05) is 0 Å². The average Bonchev–Trinajstić information content (AvgIpc) is 2.32. The molecule has 0 rings (SSSR count). The van der Waals surface area contributed by atoms with Crippen LogP contribution in [0.3, 0.4) is 0 Å². The van der Waals surface area contributed by atoms with Gasteiger partial charge in [-0.15, -0.1) is 0 Å². The van der Waals surface area contributed by atoms with Crippen LogP contribution in [0.25, 0.3) is 0 Å². The lowest BCUT2D eigenvalue weighted by atomic mass is 9.84. The van der Waals surface area contributed by atoms with Gasteiger partial charge in [-0.05, 0) is 22.6 Å². The van der Waals surface area contributed by atoms with Crippen molar-refractivity contribution >= 4 is 22.6 Å². The first kappa shape index (κ1) is 26.5. The summed E-state index contributed by atoms with van der Waals surface area (Å²) >= 11 is -0.507. The summed E-state index contributed by atoms with van der Waals surface area (Å²) in [5, 5.41) is 0. The molecular weight excluding hydrogens is 558 g/mol. The third kappa shape index (κ3) is 3.99. The quantitative estimate of drug-likeness (QED) is 0.191. The van der Waals surface area contributed by atoms with E-state index in [0.717, 1.165) is 0 Å². The molecule has 0 saturated heterocycles. The maximum absolute atomic E-state index is 13.6. The van der Waals surface area contributed by atoms with Crippen molar-refractivity contribution < 1.29 is 74.6 Å². The summed E-state index contributed by atoms with van der Waals surface area (Å²) in [7, 11) is 0. The van der Waals surface area contributed by atoms with Gasteiger partial charge in [0.05, 0.1) is 6.42 Å². The molecule has 0 aliphatic rings. The van der Waals surface area contributed by atoms with Crippen LogP contribution in [0.5, 0.6) is 0 Å². The maximum atomic E-state index is 13.6. The Labute approximate surface area is 150 Å². The van der Waals surface area contributed by atoms with Crippen LogP contribution in [0.15, 0.2) is 0 Å². The van der Waals surface area contributed by atoms with E-state index in [4.69, 9.17) is 0 Å². The van der Waals surface area contributed by atoms with Gasteiger partial charge in [0.15, 0.2) is 0 Å². The molecule has 0 spiro atoms. The van der Waals surface area contributed by atoms with E-state index in [1.165, 1.54) is 0 Å². The molecule has 0 amide bonds. The highest BCUT2D eigenvalue weighted by atomic mass is 127. The first-order valence-corrected chi connectivity index (χ1v) is 6.69. The topological polar surface area (TPSA) is 0 Å². The highest BCUT2D eigenvalue weighted by Crippen LogP contribution is 2.63. The Hall–Kier alpha value is -0.460. The molecule has 27 heavy (non-hydrogen) atoms. The van der Waals surface area contributed by atoms with E-state index in [0.29, 0.717) is 0 Å². The monoisotopic (exact) mass is 560 g/mol. The zero-order chi connectivity index (χ0) is 22.7. The van der Waals surface area contributed by atoms with Crippen molar-refractivity contribution in [2.75, 3.05) is 0 Å². The molecule has 0 nitrogen and oxygen atoms in total. The molecule has 0 aliphatic heterocycles. The Balaban J connectivity index is 6.75. The highest BCUT2D eigenvalue weighted by molar-refractivity contribution is 14.1. The van der Waals surface area contributed by atoms with Gasteiger partial charge in [0, 0.05) is 0 Å². The van der Waals surface area contributed by atoms with Gasteiger partial charge in [-0.25, -0.2) is 4.39 Å². The van der Waals surface area contributed by atoms with Gasteiger partial charge >= 0.3 is 36.0 Å². The Morgan fingerprint density at radius 3 is 0.926 bits per heavy atom. The average molecular weight is 560 g/mol.